The van der Waals surface area contributed by atoms with Crippen LogP contribution in [0.5, 0.6) is 0 Å². The zero-order valence-corrected chi connectivity index (χ0v) is 13.8. The molecule has 0 saturated carbocycles. The van der Waals surface area contributed by atoms with Crippen LogP contribution in [0.25, 0.3) is 0 Å². The second-order valence-corrected chi connectivity index (χ2v) is 6.42. The molecular weight excluding hydrogens is 258 g/mol. The first-order chi connectivity index (χ1) is 9.99. The van der Waals surface area contributed by atoms with Crippen LogP contribution in [0.1, 0.15) is 56.5 Å². The van der Waals surface area contributed by atoms with Crippen molar-refractivity contribution in [3.05, 3.63) is 53.6 Å². The molecule has 2 aromatic rings. The number of hydrogen-bond acceptors (Lipinski definition) is 2. The topological polar surface area (TPSA) is 29.9 Å². The largest absolute Gasteiger partial charge is 0.337 e. The molecule has 0 saturated heterocycles. The van der Waals surface area contributed by atoms with E-state index in [1.807, 2.05) is 19.6 Å². The molecular formula is C18H27N3. The van der Waals surface area contributed by atoms with E-state index in [0.29, 0.717) is 17.9 Å². The fourth-order valence-corrected chi connectivity index (χ4v) is 2.60. The van der Waals surface area contributed by atoms with Crippen molar-refractivity contribution in [1.29, 1.82) is 0 Å². The average Bonchev–Trinajstić information content (AvgIpc) is 2.85. The molecule has 0 amide bonds. The molecule has 3 heteroatoms. The summed E-state index contributed by atoms with van der Waals surface area (Å²) in [5, 5.41) is 3.67. The molecule has 2 rings (SSSR count). The lowest BCUT2D eigenvalue weighted by Crippen LogP contribution is -2.26. The van der Waals surface area contributed by atoms with Crippen molar-refractivity contribution >= 4 is 0 Å². The lowest BCUT2D eigenvalue weighted by molar-refractivity contribution is 0.406. The van der Waals surface area contributed by atoms with Gasteiger partial charge in [0.1, 0.15) is 0 Å². The van der Waals surface area contributed by atoms with Gasteiger partial charge in [-0.1, -0.05) is 52.0 Å². The lowest BCUT2D eigenvalue weighted by Gasteiger charge is -2.23. The van der Waals surface area contributed by atoms with Gasteiger partial charge < -0.3 is 9.88 Å². The monoisotopic (exact) mass is 285 g/mol. The van der Waals surface area contributed by atoms with Crippen molar-refractivity contribution in [2.75, 3.05) is 0 Å². The van der Waals surface area contributed by atoms with Gasteiger partial charge >= 0.3 is 0 Å². The van der Waals surface area contributed by atoms with E-state index in [9.17, 15) is 0 Å². The molecule has 0 aliphatic heterocycles. The summed E-state index contributed by atoms with van der Waals surface area (Å²) in [5.74, 6) is 1.13. The first-order valence-corrected chi connectivity index (χ1v) is 7.77. The minimum Gasteiger partial charge on any atom is -0.337 e. The van der Waals surface area contributed by atoms with Gasteiger partial charge in [-0.3, -0.25) is 0 Å². The molecule has 1 aromatic heterocycles. The van der Waals surface area contributed by atoms with Crippen LogP contribution >= 0.6 is 0 Å². The summed E-state index contributed by atoms with van der Waals surface area (Å²) >= 11 is 0. The molecule has 1 atom stereocenters. The predicted molar refractivity (Wildman–Crippen MR) is 88.2 cm³/mol. The summed E-state index contributed by atoms with van der Waals surface area (Å²) in [6, 6.07) is 9.38. The summed E-state index contributed by atoms with van der Waals surface area (Å²) in [6.45, 7) is 9.82. The van der Waals surface area contributed by atoms with Crippen LogP contribution in [-0.4, -0.2) is 9.55 Å². The highest BCUT2D eigenvalue weighted by atomic mass is 15.1. The van der Waals surface area contributed by atoms with Crippen molar-refractivity contribution < 1.29 is 0 Å². The SMILES string of the molecule is CC(C)c1ccc(C(NCc2cncn2C)C(C)C)cc1. The number of benzene rings is 1. The van der Waals surface area contributed by atoms with E-state index >= 15 is 0 Å². The van der Waals surface area contributed by atoms with Gasteiger partial charge in [0.05, 0.1) is 12.0 Å². The van der Waals surface area contributed by atoms with Crippen LogP contribution in [0.4, 0.5) is 0 Å². The van der Waals surface area contributed by atoms with Crippen molar-refractivity contribution in [3.8, 4) is 0 Å². The fraction of sp³-hybridized carbons (Fsp3) is 0.500. The molecule has 0 fully saturated rings. The Hall–Kier alpha value is -1.61. The van der Waals surface area contributed by atoms with Gasteiger partial charge in [-0.05, 0) is 23.0 Å². The molecule has 0 bridgehead atoms. The van der Waals surface area contributed by atoms with Crippen LogP contribution in [0, 0.1) is 5.92 Å². The Bertz CT molecular complexity index is 552. The summed E-state index contributed by atoms with van der Waals surface area (Å²) < 4.78 is 2.06. The maximum absolute atomic E-state index is 4.17. The summed E-state index contributed by atoms with van der Waals surface area (Å²) in [7, 11) is 2.03. The van der Waals surface area contributed by atoms with E-state index in [0.717, 1.165) is 6.54 Å². The average molecular weight is 285 g/mol. The third kappa shape index (κ3) is 3.94. The van der Waals surface area contributed by atoms with Gasteiger partial charge in [0, 0.05) is 25.8 Å². The minimum atomic E-state index is 0.362. The molecule has 1 heterocycles. The second-order valence-electron chi connectivity index (χ2n) is 6.42. The van der Waals surface area contributed by atoms with Gasteiger partial charge in [0.25, 0.3) is 0 Å². The molecule has 3 nitrogen and oxygen atoms in total. The fourth-order valence-electron chi connectivity index (χ4n) is 2.60. The standard InChI is InChI=1S/C18H27N3/c1-13(2)15-6-8-16(9-7-15)18(14(3)4)20-11-17-10-19-12-21(17)5/h6-10,12-14,18,20H,11H2,1-5H3. The van der Waals surface area contributed by atoms with Crippen LogP contribution in [0.3, 0.4) is 0 Å². The highest BCUT2D eigenvalue weighted by molar-refractivity contribution is 5.27. The molecule has 1 unspecified atom stereocenters. The molecule has 0 aliphatic rings. The highest BCUT2D eigenvalue weighted by Gasteiger charge is 2.16. The van der Waals surface area contributed by atoms with Gasteiger partial charge in [-0.2, -0.15) is 0 Å². The molecule has 0 radical (unpaired) electrons. The Balaban J connectivity index is 2.09. The Morgan fingerprint density at radius 1 is 1.05 bits per heavy atom. The highest BCUT2D eigenvalue weighted by Crippen LogP contribution is 2.24. The minimum absolute atomic E-state index is 0.362. The number of nitrogens with zero attached hydrogens (tertiary/aromatic N) is 2. The molecule has 1 N–H and O–H groups in total. The summed E-state index contributed by atoms with van der Waals surface area (Å²) in [4.78, 5) is 4.17. The van der Waals surface area contributed by atoms with Crippen molar-refractivity contribution in [1.82, 2.24) is 14.9 Å². The first kappa shape index (κ1) is 15.8. The molecule has 0 spiro atoms. The maximum atomic E-state index is 4.17. The predicted octanol–water partition coefficient (Wildman–Crippen LogP) is 4.03. The lowest BCUT2D eigenvalue weighted by atomic mass is 9.93. The van der Waals surface area contributed by atoms with Crippen molar-refractivity contribution in [3.63, 3.8) is 0 Å². The van der Waals surface area contributed by atoms with E-state index in [1.54, 1.807) is 0 Å². The summed E-state index contributed by atoms with van der Waals surface area (Å²) in [5.41, 5.74) is 3.96. The molecule has 0 aliphatic carbocycles. The van der Waals surface area contributed by atoms with Crippen molar-refractivity contribution in [2.45, 2.75) is 46.2 Å². The quantitative estimate of drug-likeness (QED) is 0.868. The number of aryl methyl sites for hydroxylation is 1. The zero-order valence-electron chi connectivity index (χ0n) is 13.8. The first-order valence-electron chi connectivity index (χ1n) is 7.77. The Morgan fingerprint density at radius 3 is 2.14 bits per heavy atom. The normalized spacial score (nSPS) is 13.1. The Kier molecular flexibility index (Phi) is 5.18. The maximum Gasteiger partial charge on any atom is 0.0945 e. The third-order valence-electron chi connectivity index (χ3n) is 4.05. The van der Waals surface area contributed by atoms with E-state index in [2.05, 4.69) is 66.8 Å². The number of nitrogens with one attached hydrogen (secondary N) is 1. The second kappa shape index (κ2) is 6.90. The zero-order chi connectivity index (χ0) is 15.4. The van der Waals surface area contributed by atoms with Crippen LogP contribution in [0.2, 0.25) is 0 Å². The van der Waals surface area contributed by atoms with Crippen molar-refractivity contribution in [2.24, 2.45) is 13.0 Å². The summed E-state index contributed by atoms with van der Waals surface area (Å²) in [6.07, 6.45) is 3.77. The van der Waals surface area contributed by atoms with Crippen LogP contribution in [-0.2, 0) is 13.6 Å². The molecule has 114 valence electrons. The van der Waals surface area contributed by atoms with E-state index in [-0.39, 0.29) is 0 Å². The van der Waals surface area contributed by atoms with Crippen LogP contribution < -0.4 is 5.32 Å². The van der Waals surface area contributed by atoms with E-state index in [1.165, 1.54) is 16.8 Å². The third-order valence-corrected chi connectivity index (χ3v) is 4.05. The van der Waals surface area contributed by atoms with Gasteiger partial charge in [-0.25, -0.2) is 4.98 Å². The number of rotatable bonds is 6. The molecule has 21 heavy (non-hydrogen) atoms. The van der Waals surface area contributed by atoms with Gasteiger partial charge in [0.2, 0.25) is 0 Å². The number of aromatic nitrogens is 2. The molecule has 1 aromatic carbocycles. The van der Waals surface area contributed by atoms with Gasteiger partial charge in [0.15, 0.2) is 0 Å². The number of hydrogen-bond donors (Lipinski definition) is 1. The van der Waals surface area contributed by atoms with E-state index < -0.39 is 0 Å². The van der Waals surface area contributed by atoms with Crippen LogP contribution in [0.15, 0.2) is 36.8 Å². The Labute approximate surface area is 128 Å². The number of imidazole rings is 1. The van der Waals surface area contributed by atoms with E-state index in [4.69, 9.17) is 0 Å². The Morgan fingerprint density at radius 2 is 1.67 bits per heavy atom. The smallest absolute Gasteiger partial charge is 0.0945 e. The van der Waals surface area contributed by atoms with Gasteiger partial charge in [-0.15, -0.1) is 0 Å².